The fourth-order valence-corrected chi connectivity index (χ4v) is 2.50. The third-order valence-electron chi connectivity index (χ3n) is 2.47. The number of rotatable bonds is 6. The SMILES string of the molecule is COC(=O)c1ccc(NC(=O)CS(=O)(=O)CCC#N)cc1. The summed E-state index contributed by atoms with van der Waals surface area (Å²) in [6, 6.07) is 7.54. The molecule has 1 amide bonds. The Morgan fingerprint density at radius 3 is 2.43 bits per heavy atom. The highest BCUT2D eigenvalue weighted by Gasteiger charge is 2.16. The van der Waals surface area contributed by atoms with E-state index in [1.807, 2.05) is 0 Å². The Morgan fingerprint density at radius 1 is 1.29 bits per heavy atom. The number of sulfone groups is 1. The molecule has 0 radical (unpaired) electrons. The average molecular weight is 310 g/mol. The second-order valence-electron chi connectivity index (χ2n) is 4.12. The molecule has 1 aromatic rings. The fourth-order valence-electron chi connectivity index (χ4n) is 1.48. The van der Waals surface area contributed by atoms with Crippen LogP contribution >= 0.6 is 0 Å². The summed E-state index contributed by atoms with van der Waals surface area (Å²) in [7, 11) is -2.34. The first-order chi connectivity index (χ1) is 9.88. The molecule has 0 saturated carbocycles. The topological polar surface area (TPSA) is 113 Å². The Labute approximate surface area is 122 Å². The van der Waals surface area contributed by atoms with Crippen molar-refractivity contribution in [1.29, 1.82) is 5.26 Å². The lowest BCUT2D eigenvalue weighted by Gasteiger charge is -2.06. The molecule has 7 nitrogen and oxygen atoms in total. The molecule has 1 aromatic carbocycles. The lowest BCUT2D eigenvalue weighted by atomic mass is 10.2. The van der Waals surface area contributed by atoms with Gasteiger partial charge in [0.15, 0.2) is 9.84 Å². The highest BCUT2D eigenvalue weighted by atomic mass is 32.2. The van der Waals surface area contributed by atoms with E-state index in [0.29, 0.717) is 11.3 Å². The van der Waals surface area contributed by atoms with E-state index in [2.05, 4.69) is 10.1 Å². The molecule has 8 heteroatoms. The summed E-state index contributed by atoms with van der Waals surface area (Å²) < 4.78 is 27.5. The van der Waals surface area contributed by atoms with Gasteiger partial charge in [0.25, 0.3) is 0 Å². The minimum absolute atomic E-state index is 0.149. The van der Waals surface area contributed by atoms with Crippen LogP contribution in [0.4, 0.5) is 5.69 Å². The number of carbonyl (C=O) groups is 2. The van der Waals surface area contributed by atoms with Crippen molar-refractivity contribution in [2.24, 2.45) is 0 Å². The summed E-state index contributed by atoms with van der Waals surface area (Å²) in [4.78, 5) is 22.8. The zero-order chi connectivity index (χ0) is 15.9. The van der Waals surface area contributed by atoms with Crippen LogP contribution < -0.4 is 5.32 Å². The van der Waals surface area contributed by atoms with Crippen molar-refractivity contribution in [3.8, 4) is 6.07 Å². The van der Waals surface area contributed by atoms with Crippen molar-refractivity contribution in [2.75, 3.05) is 23.9 Å². The largest absolute Gasteiger partial charge is 0.465 e. The summed E-state index contributed by atoms with van der Waals surface area (Å²) in [5, 5.41) is 10.7. The van der Waals surface area contributed by atoms with Crippen molar-refractivity contribution in [1.82, 2.24) is 0 Å². The minimum Gasteiger partial charge on any atom is -0.465 e. The predicted molar refractivity (Wildman–Crippen MR) is 75.3 cm³/mol. The molecule has 0 fully saturated rings. The van der Waals surface area contributed by atoms with Gasteiger partial charge in [-0.25, -0.2) is 13.2 Å². The van der Waals surface area contributed by atoms with Gasteiger partial charge in [0, 0.05) is 12.1 Å². The quantitative estimate of drug-likeness (QED) is 0.775. The van der Waals surface area contributed by atoms with Gasteiger partial charge in [0.05, 0.1) is 24.5 Å². The number of ether oxygens (including phenoxy) is 1. The van der Waals surface area contributed by atoms with Crippen molar-refractivity contribution in [2.45, 2.75) is 6.42 Å². The molecule has 0 aliphatic rings. The van der Waals surface area contributed by atoms with Crippen LogP contribution in [0.15, 0.2) is 24.3 Å². The van der Waals surface area contributed by atoms with E-state index in [9.17, 15) is 18.0 Å². The van der Waals surface area contributed by atoms with Gasteiger partial charge in [-0.2, -0.15) is 5.26 Å². The molecule has 0 aliphatic carbocycles. The summed E-state index contributed by atoms with van der Waals surface area (Å²) in [5.41, 5.74) is 0.681. The number of nitriles is 1. The summed E-state index contributed by atoms with van der Waals surface area (Å²) in [6.45, 7) is 0. The van der Waals surface area contributed by atoms with Crippen LogP contribution in [0, 0.1) is 11.3 Å². The molecule has 0 atom stereocenters. The van der Waals surface area contributed by atoms with Gasteiger partial charge in [0.1, 0.15) is 5.75 Å². The van der Waals surface area contributed by atoms with E-state index in [0.717, 1.165) is 0 Å². The van der Waals surface area contributed by atoms with E-state index in [4.69, 9.17) is 5.26 Å². The number of anilines is 1. The second kappa shape index (κ2) is 7.40. The summed E-state index contributed by atoms with van der Waals surface area (Å²) >= 11 is 0. The van der Waals surface area contributed by atoms with Gasteiger partial charge < -0.3 is 10.1 Å². The minimum atomic E-state index is -3.60. The van der Waals surface area contributed by atoms with E-state index < -0.39 is 27.5 Å². The maximum absolute atomic E-state index is 11.6. The molecule has 0 heterocycles. The van der Waals surface area contributed by atoms with E-state index >= 15 is 0 Å². The first-order valence-corrected chi connectivity index (χ1v) is 7.75. The highest BCUT2D eigenvalue weighted by Crippen LogP contribution is 2.10. The van der Waals surface area contributed by atoms with Gasteiger partial charge in [-0.15, -0.1) is 0 Å². The van der Waals surface area contributed by atoms with Crippen LogP contribution in [0.1, 0.15) is 16.8 Å². The monoisotopic (exact) mass is 310 g/mol. The zero-order valence-electron chi connectivity index (χ0n) is 11.3. The Bertz CT molecular complexity index is 659. The smallest absolute Gasteiger partial charge is 0.337 e. The van der Waals surface area contributed by atoms with Gasteiger partial charge in [-0.3, -0.25) is 4.79 Å². The van der Waals surface area contributed by atoms with Gasteiger partial charge in [-0.1, -0.05) is 0 Å². The van der Waals surface area contributed by atoms with Crippen LogP contribution in [-0.4, -0.2) is 38.9 Å². The molecule has 1 rings (SSSR count). The lowest BCUT2D eigenvalue weighted by molar-refractivity contribution is -0.113. The highest BCUT2D eigenvalue weighted by molar-refractivity contribution is 7.92. The molecule has 0 aliphatic heterocycles. The van der Waals surface area contributed by atoms with E-state index in [1.165, 1.54) is 31.4 Å². The Kier molecular flexibility index (Phi) is 5.87. The number of nitrogens with one attached hydrogen (secondary N) is 1. The van der Waals surface area contributed by atoms with E-state index in [1.54, 1.807) is 6.07 Å². The molecule has 0 saturated heterocycles. The predicted octanol–water partition coefficient (Wildman–Crippen LogP) is 0.740. The van der Waals surface area contributed by atoms with E-state index in [-0.39, 0.29) is 12.2 Å². The number of carbonyl (C=O) groups excluding carboxylic acids is 2. The van der Waals surface area contributed by atoms with Crippen LogP contribution in [0.3, 0.4) is 0 Å². The third kappa shape index (κ3) is 5.62. The lowest BCUT2D eigenvalue weighted by Crippen LogP contribution is -2.24. The second-order valence-corrected chi connectivity index (χ2v) is 6.30. The van der Waals surface area contributed by atoms with Crippen LogP contribution in [0.25, 0.3) is 0 Å². The summed E-state index contributed by atoms with van der Waals surface area (Å²) in [6.07, 6.45) is -0.149. The average Bonchev–Trinajstić information content (AvgIpc) is 2.44. The molecular weight excluding hydrogens is 296 g/mol. The van der Waals surface area contributed by atoms with Gasteiger partial charge in [-0.05, 0) is 24.3 Å². The molecular formula is C13H14N2O5S. The maximum Gasteiger partial charge on any atom is 0.337 e. The maximum atomic E-state index is 11.6. The Balaban J connectivity index is 2.63. The van der Waals surface area contributed by atoms with Crippen molar-refractivity contribution >= 4 is 27.4 Å². The number of hydrogen-bond donors (Lipinski definition) is 1. The number of methoxy groups -OCH3 is 1. The van der Waals surface area contributed by atoms with Crippen LogP contribution in [0.5, 0.6) is 0 Å². The van der Waals surface area contributed by atoms with Crippen molar-refractivity contribution in [3.05, 3.63) is 29.8 Å². The molecule has 0 spiro atoms. The van der Waals surface area contributed by atoms with Crippen LogP contribution in [0.2, 0.25) is 0 Å². The number of esters is 1. The Hall–Kier alpha value is -2.40. The molecule has 1 N–H and O–H groups in total. The third-order valence-corrected chi connectivity index (χ3v) is 3.99. The first kappa shape index (κ1) is 16.7. The molecule has 0 aromatic heterocycles. The van der Waals surface area contributed by atoms with Crippen molar-refractivity contribution < 1.29 is 22.7 Å². The molecule has 0 bridgehead atoms. The number of benzene rings is 1. The first-order valence-electron chi connectivity index (χ1n) is 5.93. The van der Waals surface area contributed by atoms with Crippen molar-refractivity contribution in [3.63, 3.8) is 0 Å². The van der Waals surface area contributed by atoms with Gasteiger partial charge in [0.2, 0.25) is 5.91 Å². The normalized spacial score (nSPS) is 10.5. The Morgan fingerprint density at radius 2 is 1.90 bits per heavy atom. The number of amides is 1. The molecule has 0 unspecified atom stereocenters. The van der Waals surface area contributed by atoms with Crippen LogP contribution in [-0.2, 0) is 19.4 Å². The summed E-state index contributed by atoms with van der Waals surface area (Å²) in [5.74, 6) is -2.24. The molecule has 21 heavy (non-hydrogen) atoms. The van der Waals surface area contributed by atoms with Gasteiger partial charge >= 0.3 is 5.97 Å². The number of hydrogen-bond acceptors (Lipinski definition) is 6. The number of nitrogens with zero attached hydrogens (tertiary/aromatic N) is 1. The fraction of sp³-hybridized carbons (Fsp3) is 0.308. The zero-order valence-corrected chi connectivity index (χ0v) is 12.1. The molecule has 112 valence electrons. The standard InChI is InChI=1S/C13H14N2O5S/c1-20-13(17)10-3-5-11(6-4-10)15-12(16)9-21(18,19)8-2-7-14/h3-6H,2,8-9H2,1H3,(H,15,16).